The van der Waals surface area contributed by atoms with Crippen LogP contribution in [0.4, 0.5) is 0 Å². The van der Waals surface area contributed by atoms with Crippen molar-refractivity contribution in [1.82, 2.24) is 4.98 Å². The molecule has 3 nitrogen and oxygen atoms in total. The fourth-order valence-electron chi connectivity index (χ4n) is 3.42. The summed E-state index contributed by atoms with van der Waals surface area (Å²) < 4.78 is 0. The number of carbonyl (C=O) groups is 2. The number of ketones is 2. The van der Waals surface area contributed by atoms with Gasteiger partial charge in [-0.3, -0.25) is 14.6 Å². The number of allylic oxidation sites excluding steroid dienone is 2. The van der Waals surface area contributed by atoms with Crippen LogP contribution in [0.25, 0.3) is 0 Å². The Hall–Kier alpha value is -2.55. The van der Waals surface area contributed by atoms with Gasteiger partial charge in [0.05, 0.1) is 0 Å². The number of hydrogen-bond acceptors (Lipinski definition) is 3. The van der Waals surface area contributed by atoms with Crippen LogP contribution in [0.3, 0.4) is 0 Å². The highest BCUT2D eigenvalue weighted by molar-refractivity contribution is 6.25. The average molecular weight is 305 g/mol. The SMILES string of the molecule is Cc1cc(C)c(C2C(=O)C=C(Cc3ccncc3)C2=O)c(C)c1. The summed E-state index contributed by atoms with van der Waals surface area (Å²) >= 11 is 0. The summed E-state index contributed by atoms with van der Waals surface area (Å²) in [4.78, 5) is 29.2. The third-order valence-corrected chi connectivity index (χ3v) is 4.35. The quantitative estimate of drug-likeness (QED) is 0.816. The lowest BCUT2D eigenvalue weighted by molar-refractivity contribution is -0.122. The summed E-state index contributed by atoms with van der Waals surface area (Å²) in [7, 11) is 0. The maximum atomic E-state index is 12.8. The Balaban J connectivity index is 1.93. The van der Waals surface area contributed by atoms with Crippen molar-refractivity contribution in [2.75, 3.05) is 0 Å². The molecule has 0 saturated heterocycles. The first-order chi connectivity index (χ1) is 11.0. The van der Waals surface area contributed by atoms with Gasteiger partial charge in [-0.2, -0.15) is 0 Å². The second kappa shape index (κ2) is 5.92. The van der Waals surface area contributed by atoms with Crippen molar-refractivity contribution in [3.05, 3.63) is 76.1 Å². The lowest BCUT2D eigenvalue weighted by Crippen LogP contribution is -2.18. The molecule has 0 bridgehead atoms. The molecule has 3 heteroatoms. The molecule has 1 heterocycles. The van der Waals surface area contributed by atoms with E-state index in [9.17, 15) is 9.59 Å². The number of carbonyl (C=O) groups excluding carboxylic acids is 2. The average Bonchev–Trinajstić information content (AvgIpc) is 2.75. The minimum atomic E-state index is -0.674. The molecule has 1 aliphatic carbocycles. The highest BCUT2D eigenvalue weighted by Gasteiger charge is 2.37. The smallest absolute Gasteiger partial charge is 0.174 e. The molecule has 23 heavy (non-hydrogen) atoms. The Morgan fingerprint density at radius 2 is 1.61 bits per heavy atom. The van der Waals surface area contributed by atoms with E-state index in [1.54, 1.807) is 12.4 Å². The number of pyridine rings is 1. The largest absolute Gasteiger partial charge is 0.294 e. The second-order valence-corrected chi connectivity index (χ2v) is 6.21. The van der Waals surface area contributed by atoms with Crippen molar-refractivity contribution in [2.45, 2.75) is 33.1 Å². The molecule has 0 spiro atoms. The van der Waals surface area contributed by atoms with Crippen LogP contribution < -0.4 is 0 Å². The number of Topliss-reactive ketones (excluding diaryl/α,β-unsaturated/α-hetero) is 1. The summed E-state index contributed by atoms with van der Waals surface area (Å²) in [5.74, 6) is -0.844. The first-order valence-corrected chi connectivity index (χ1v) is 7.72. The van der Waals surface area contributed by atoms with Crippen LogP contribution in [0.2, 0.25) is 0 Å². The van der Waals surface area contributed by atoms with Gasteiger partial charge in [0.1, 0.15) is 5.92 Å². The van der Waals surface area contributed by atoms with E-state index in [0.29, 0.717) is 12.0 Å². The summed E-state index contributed by atoms with van der Waals surface area (Å²) in [6.07, 6.45) is 5.39. The predicted molar refractivity (Wildman–Crippen MR) is 89.4 cm³/mol. The highest BCUT2D eigenvalue weighted by Crippen LogP contribution is 2.34. The zero-order chi connectivity index (χ0) is 16.6. The van der Waals surface area contributed by atoms with Gasteiger partial charge in [-0.25, -0.2) is 0 Å². The van der Waals surface area contributed by atoms with E-state index in [0.717, 1.165) is 27.8 Å². The zero-order valence-corrected chi connectivity index (χ0v) is 13.6. The number of nitrogens with zero attached hydrogens (tertiary/aromatic N) is 1. The topological polar surface area (TPSA) is 47.0 Å². The highest BCUT2D eigenvalue weighted by atomic mass is 16.2. The first kappa shape index (κ1) is 15.3. The molecule has 0 aliphatic heterocycles. The van der Waals surface area contributed by atoms with Crippen molar-refractivity contribution in [1.29, 1.82) is 0 Å². The Morgan fingerprint density at radius 1 is 1.00 bits per heavy atom. The van der Waals surface area contributed by atoms with Crippen molar-refractivity contribution in [2.24, 2.45) is 0 Å². The monoisotopic (exact) mass is 305 g/mol. The van der Waals surface area contributed by atoms with Gasteiger partial charge in [-0.15, -0.1) is 0 Å². The minimum absolute atomic E-state index is 0.0677. The molecule has 1 atom stereocenters. The van der Waals surface area contributed by atoms with Crippen LogP contribution >= 0.6 is 0 Å². The lowest BCUT2D eigenvalue weighted by Gasteiger charge is -2.16. The molecular weight excluding hydrogens is 286 g/mol. The van der Waals surface area contributed by atoms with Crippen LogP contribution in [0.1, 0.15) is 33.7 Å². The van der Waals surface area contributed by atoms with Crippen molar-refractivity contribution in [3.8, 4) is 0 Å². The maximum Gasteiger partial charge on any atom is 0.174 e. The van der Waals surface area contributed by atoms with E-state index in [4.69, 9.17) is 0 Å². The minimum Gasteiger partial charge on any atom is -0.294 e. The van der Waals surface area contributed by atoms with Crippen LogP contribution in [-0.4, -0.2) is 16.6 Å². The Bertz CT molecular complexity index is 796. The molecule has 0 N–H and O–H groups in total. The Kier molecular flexibility index (Phi) is 3.95. The Labute approximate surface area is 136 Å². The number of aromatic nitrogens is 1. The molecule has 0 radical (unpaired) electrons. The standard InChI is InChI=1S/C20H19NO2/c1-12-8-13(2)18(14(3)9-12)19-17(22)11-16(20(19)23)10-15-4-6-21-7-5-15/h4-9,11,19H,10H2,1-3H3. The van der Waals surface area contributed by atoms with Gasteiger partial charge in [-0.1, -0.05) is 17.7 Å². The van der Waals surface area contributed by atoms with Gasteiger partial charge in [0.2, 0.25) is 0 Å². The van der Waals surface area contributed by atoms with Crippen LogP contribution in [-0.2, 0) is 16.0 Å². The van der Waals surface area contributed by atoms with Crippen LogP contribution in [0.5, 0.6) is 0 Å². The van der Waals surface area contributed by atoms with Gasteiger partial charge in [0.25, 0.3) is 0 Å². The van der Waals surface area contributed by atoms with Crippen molar-refractivity contribution in [3.63, 3.8) is 0 Å². The molecule has 116 valence electrons. The molecule has 1 aromatic heterocycles. The van der Waals surface area contributed by atoms with Gasteiger partial charge in [-0.05, 0) is 61.2 Å². The maximum absolute atomic E-state index is 12.8. The normalized spacial score (nSPS) is 17.5. The molecular formula is C20H19NO2. The molecule has 0 amide bonds. The van der Waals surface area contributed by atoms with Crippen LogP contribution in [0.15, 0.2) is 48.3 Å². The summed E-state index contributed by atoms with van der Waals surface area (Å²) in [6.45, 7) is 5.96. The van der Waals surface area contributed by atoms with Gasteiger partial charge >= 0.3 is 0 Å². The van der Waals surface area contributed by atoms with E-state index in [2.05, 4.69) is 4.98 Å². The lowest BCUT2D eigenvalue weighted by atomic mass is 9.85. The van der Waals surface area contributed by atoms with Gasteiger partial charge < -0.3 is 0 Å². The fourth-order valence-corrected chi connectivity index (χ4v) is 3.42. The van der Waals surface area contributed by atoms with E-state index < -0.39 is 5.92 Å². The summed E-state index contributed by atoms with van der Waals surface area (Å²) in [5, 5.41) is 0. The number of rotatable bonds is 3. The number of aryl methyl sites for hydroxylation is 3. The summed E-state index contributed by atoms with van der Waals surface area (Å²) in [6, 6.07) is 7.80. The molecule has 0 saturated carbocycles. The van der Waals surface area contributed by atoms with E-state index in [1.807, 2.05) is 45.0 Å². The van der Waals surface area contributed by atoms with Gasteiger partial charge in [0, 0.05) is 24.4 Å². The van der Waals surface area contributed by atoms with E-state index in [1.165, 1.54) is 6.08 Å². The van der Waals surface area contributed by atoms with E-state index in [-0.39, 0.29) is 11.6 Å². The third kappa shape index (κ3) is 2.87. The van der Waals surface area contributed by atoms with Gasteiger partial charge in [0.15, 0.2) is 11.6 Å². The Morgan fingerprint density at radius 3 is 2.22 bits per heavy atom. The zero-order valence-electron chi connectivity index (χ0n) is 13.6. The molecule has 1 aliphatic rings. The van der Waals surface area contributed by atoms with Crippen molar-refractivity contribution < 1.29 is 9.59 Å². The second-order valence-electron chi connectivity index (χ2n) is 6.21. The fraction of sp³-hybridized carbons (Fsp3) is 0.250. The van der Waals surface area contributed by atoms with Crippen LogP contribution in [0, 0.1) is 20.8 Å². The summed E-state index contributed by atoms with van der Waals surface area (Å²) in [5.41, 5.74) is 5.61. The number of benzene rings is 1. The predicted octanol–water partition coefficient (Wildman–Crippen LogP) is 3.41. The molecule has 0 fully saturated rings. The number of hydrogen-bond donors (Lipinski definition) is 0. The first-order valence-electron chi connectivity index (χ1n) is 7.72. The molecule has 2 aromatic rings. The molecule has 1 aromatic carbocycles. The molecule has 3 rings (SSSR count). The van der Waals surface area contributed by atoms with Crippen molar-refractivity contribution >= 4 is 11.6 Å². The molecule has 1 unspecified atom stereocenters. The third-order valence-electron chi connectivity index (χ3n) is 4.35. The van der Waals surface area contributed by atoms with E-state index >= 15 is 0 Å².